The molecule has 1 aromatic heterocycles. The highest BCUT2D eigenvalue weighted by Crippen LogP contribution is 2.24. The quantitative estimate of drug-likeness (QED) is 0.674. The summed E-state index contributed by atoms with van der Waals surface area (Å²) in [4.78, 5) is 24.0. The smallest absolute Gasteiger partial charge is 0.286 e. The molecule has 0 saturated carbocycles. The average Bonchev–Trinajstić information content (AvgIpc) is 3.18. The van der Waals surface area contributed by atoms with E-state index in [9.17, 15) is 9.59 Å². The van der Waals surface area contributed by atoms with Crippen LogP contribution in [0.25, 0.3) is 0 Å². The summed E-state index contributed by atoms with van der Waals surface area (Å²) >= 11 is 0. The van der Waals surface area contributed by atoms with E-state index >= 15 is 0 Å². The first-order valence-corrected chi connectivity index (χ1v) is 8.76. The number of rotatable bonds is 9. The van der Waals surface area contributed by atoms with Crippen molar-refractivity contribution in [3.63, 3.8) is 0 Å². The number of hydrogen-bond donors (Lipinski definition) is 2. The molecule has 1 aromatic carbocycles. The van der Waals surface area contributed by atoms with Gasteiger partial charge in [-0.15, -0.1) is 0 Å². The Hall–Kier alpha value is -2.76. The molecular formula is C20H26N2O4. The van der Waals surface area contributed by atoms with E-state index in [2.05, 4.69) is 24.5 Å². The van der Waals surface area contributed by atoms with Crippen LogP contribution in [0.2, 0.25) is 0 Å². The predicted octanol–water partition coefficient (Wildman–Crippen LogP) is 3.31. The number of benzene rings is 1. The minimum Gasteiger partial charge on any atom is -0.497 e. The highest BCUT2D eigenvalue weighted by Gasteiger charge is 2.18. The van der Waals surface area contributed by atoms with Gasteiger partial charge in [0.25, 0.3) is 5.91 Å². The van der Waals surface area contributed by atoms with Crippen molar-refractivity contribution in [2.45, 2.75) is 32.7 Å². The fourth-order valence-corrected chi connectivity index (χ4v) is 2.64. The third kappa shape index (κ3) is 5.65. The molecule has 6 heteroatoms. The fourth-order valence-electron chi connectivity index (χ4n) is 2.64. The summed E-state index contributed by atoms with van der Waals surface area (Å²) in [5.41, 5.74) is 1.04. The average molecular weight is 358 g/mol. The predicted molar refractivity (Wildman–Crippen MR) is 99.0 cm³/mol. The van der Waals surface area contributed by atoms with Crippen LogP contribution in [0.3, 0.4) is 0 Å². The summed E-state index contributed by atoms with van der Waals surface area (Å²) in [7, 11) is 1.63. The van der Waals surface area contributed by atoms with Gasteiger partial charge in [0.15, 0.2) is 5.76 Å². The van der Waals surface area contributed by atoms with Crippen LogP contribution in [-0.2, 0) is 4.79 Å². The van der Waals surface area contributed by atoms with Crippen LogP contribution in [0.4, 0.5) is 0 Å². The summed E-state index contributed by atoms with van der Waals surface area (Å²) in [5, 5.41) is 5.81. The molecule has 0 aliphatic rings. The van der Waals surface area contributed by atoms with Gasteiger partial charge in [0.05, 0.1) is 19.4 Å². The molecule has 2 aromatic rings. The van der Waals surface area contributed by atoms with Gasteiger partial charge in [-0.3, -0.25) is 9.59 Å². The lowest BCUT2D eigenvalue weighted by molar-refractivity contribution is -0.122. The molecule has 1 atom stereocenters. The number of furan rings is 1. The van der Waals surface area contributed by atoms with Gasteiger partial charge < -0.3 is 19.8 Å². The summed E-state index contributed by atoms with van der Waals surface area (Å²) < 4.78 is 10.2. The molecule has 0 aliphatic heterocycles. The van der Waals surface area contributed by atoms with Gasteiger partial charge in [-0.05, 0) is 42.2 Å². The highest BCUT2D eigenvalue weighted by atomic mass is 16.5. The van der Waals surface area contributed by atoms with Gasteiger partial charge in [-0.1, -0.05) is 26.0 Å². The molecule has 26 heavy (non-hydrogen) atoms. The molecule has 2 N–H and O–H groups in total. The lowest BCUT2D eigenvalue weighted by Gasteiger charge is -2.23. The van der Waals surface area contributed by atoms with Gasteiger partial charge in [0.2, 0.25) is 5.91 Å². The first-order valence-electron chi connectivity index (χ1n) is 8.76. The van der Waals surface area contributed by atoms with Crippen molar-refractivity contribution in [3.05, 3.63) is 54.0 Å². The maximum Gasteiger partial charge on any atom is 0.286 e. The summed E-state index contributed by atoms with van der Waals surface area (Å²) in [6.45, 7) is 4.55. The number of nitrogens with one attached hydrogen (secondary N) is 2. The molecule has 1 heterocycles. The van der Waals surface area contributed by atoms with E-state index < -0.39 is 0 Å². The third-order valence-electron chi connectivity index (χ3n) is 4.07. The molecular weight excluding hydrogens is 332 g/mol. The van der Waals surface area contributed by atoms with Crippen molar-refractivity contribution in [3.8, 4) is 5.75 Å². The maximum atomic E-state index is 12.3. The number of amides is 2. The standard InChI is InChI=1S/C20H26N2O4/c1-14(2)19(15-8-10-16(25-3)11-9-15)22-18(23)7-4-12-21-20(24)17-6-5-13-26-17/h5-6,8-11,13-14,19H,4,7,12H2,1-3H3,(H,21,24)(H,22,23). The molecule has 6 nitrogen and oxygen atoms in total. The minimum absolute atomic E-state index is 0.0354. The molecule has 2 rings (SSSR count). The van der Waals surface area contributed by atoms with E-state index in [1.807, 2.05) is 24.3 Å². The molecule has 0 radical (unpaired) electrons. The topological polar surface area (TPSA) is 80.6 Å². The normalized spacial score (nSPS) is 11.8. The zero-order valence-electron chi connectivity index (χ0n) is 15.5. The number of ether oxygens (including phenoxy) is 1. The summed E-state index contributed by atoms with van der Waals surface area (Å²) in [6, 6.07) is 10.9. The molecule has 0 aliphatic carbocycles. The van der Waals surface area contributed by atoms with Gasteiger partial charge >= 0.3 is 0 Å². The van der Waals surface area contributed by atoms with Crippen LogP contribution < -0.4 is 15.4 Å². The van der Waals surface area contributed by atoms with Crippen molar-refractivity contribution < 1.29 is 18.7 Å². The van der Waals surface area contributed by atoms with Crippen LogP contribution in [0.1, 0.15) is 48.8 Å². The van der Waals surface area contributed by atoms with Crippen LogP contribution in [0.5, 0.6) is 5.75 Å². The first kappa shape index (κ1) is 19.6. The van der Waals surface area contributed by atoms with Gasteiger partial charge in [0, 0.05) is 13.0 Å². The Balaban J connectivity index is 1.79. The third-order valence-corrected chi connectivity index (χ3v) is 4.07. The minimum atomic E-state index is -0.270. The Bertz CT molecular complexity index is 693. The van der Waals surface area contributed by atoms with Gasteiger partial charge in [-0.2, -0.15) is 0 Å². The summed E-state index contributed by atoms with van der Waals surface area (Å²) in [6.07, 6.45) is 2.36. The second-order valence-electron chi connectivity index (χ2n) is 6.40. The van der Waals surface area contributed by atoms with Gasteiger partial charge in [-0.25, -0.2) is 0 Å². The van der Waals surface area contributed by atoms with Crippen molar-refractivity contribution in [2.24, 2.45) is 5.92 Å². The van der Waals surface area contributed by atoms with E-state index in [1.165, 1.54) is 6.26 Å². The Morgan fingerprint density at radius 1 is 1.15 bits per heavy atom. The fraction of sp³-hybridized carbons (Fsp3) is 0.400. The second kappa shape index (κ2) is 9.65. The molecule has 0 spiro atoms. The summed E-state index contributed by atoms with van der Waals surface area (Å²) in [5.74, 6) is 1.01. The Kier molecular flexibility index (Phi) is 7.26. The Morgan fingerprint density at radius 2 is 1.88 bits per heavy atom. The first-order chi connectivity index (χ1) is 12.5. The highest BCUT2D eigenvalue weighted by molar-refractivity contribution is 5.91. The second-order valence-corrected chi connectivity index (χ2v) is 6.40. The van der Waals surface area contributed by atoms with E-state index in [-0.39, 0.29) is 29.5 Å². The molecule has 0 fully saturated rings. The molecule has 2 amide bonds. The van der Waals surface area contributed by atoms with Crippen molar-refractivity contribution in [1.82, 2.24) is 10.6 Å². The molecule has 140 valence electrons. The molecule has 0 bridgehead atoms. The lowest BCUT2D eigenvalue weighted by atomic mass is 9.95. The van der Waals surface area contributed by atoms with Crippen molar-refractivity contribution in [1.29, 1.82) is 0 Å². The molecule has 0 saturated heterocycles. The molecule has 1 unspecified atom stereocenters. The number of hydrogen-bond acceptors (Lipinski definition) is 4. The largest absolute Gasteiger partial charge is 0.497 e. The van der Waals surface area contributed by atoms with Crippen LogP contribution in [0, 0.1) is 5.92 Å². The van der Waals surface area contributed by atoms with Crippen molar-refractivity contribution in [2.75, 3.05) is 13.7 Å². The van der Waals surface area contributed by atoms with Crippen LogP contribution in [0.15, 0.2) is 47.1 Å². The number of methoxy groups -OCH3 is 1. The van der Waals surface area contributed by atoms with Crippen LogP contribution in [-0.4, -0.2) is 25.5 Å². The number of carbonyl (C=O) groups excluding carboxylic acids is 2. The maximum absolute atomic E-state index is 12.3. The SMILES string of the molecule is COc1ccc(C(NC(=O)CCCNC(=O)c2ccco2)C(C)C)cc1. The van der Waals surface area contributed by atoms with Crippen molar-refractivity contribution >= 4 is 11.8 Å². The lowest BCUT2D eigenvalue weighted by Crippen LogP contribution is -2.32. The van der Waals surface area contributed by atoms with Gasteiger partial charge in [0.1, 0.15) is 5.75 Å². The van der Waals surface area contributed by atoms with E-state index in [1.54, 1.807) is 19.2 Å². The van der Waals surface area contributed by atoms with E-state index in [0.717, 1.165) is 11.3 Å². The Labute approximate surface area is 153 Å². The van der Waals surface area contributed by atoms with E-state index in [4.69, 9.17) is 9.15 Å². The number of carbonyl (C=O) groups is 2. The Morgan fingerprint density at radius 3 is 2.46 bits per heavy atom. The van der Waals surface area contributed by atoms with E-state index in [0.29, 0.717) is 19.4 Å². The monoisotopic (exact) mass is 358 g/mol. The van der Waals surface area contributed by atoms with Crippen LogP contribution >= 0.6 is 0 Å². The zero-order valence-corrected chi connectivity index (χ0v) is 15.5. The zero-order chi connectivity index (χ0) is 18.9.